The molecule has 0 bridgehead atoms. The minimum absolute atomic E-state index is 0.196. The van der Waals surface area contributed by atoms with Gasteiger partial charge in [0.2, 0.25) is 0 Å². The fraction of sp³-hybridized carbons (Fsp3) is 0.300. The van der Waals surface area contributed by atoms with Gasteiger partial charge in [0, 0.05) is 30.4 Å². The molecule has 0 aliphatic carbocycles. The van der Waals surface area contributed by atoms with E-state index in [-0.39, 0.29) is 5.91 Å². The third kappa shape index (κ3) is 4.81. The van der Waals surface area contributed by atoms with Crippen LogP contribution in [0.1, 0.15) is 21.7 Å². The topological polar surface area (TPSA) is 103 Å². The molecule has 3 aromatic rings. The van der Waals surface area contributed by atoms with Gasteiger partial charge in [-0.1, -0.05) is 0 Å². The smallest absolute Gasteiger partial charge is 0.251 e. The summed E-state index contributed by atoms with van der Waals surface area (Å²) in [4.78, 5) is 20.8. The van der Waals surface area contributed by atoms with Crippen LogP contribution in [-0.4, -0.2) is 53.0 Å². The van der Waals surface area contributed by atoms with Gasteiger partial charge >= 0.3 is 0 Å². The summed E-state index contributed by atoms with van der Waals surface area (Å²) in [6.07, 6.45) is 1.48. The second-order valence-corrected chi connectivity index (χ2v) is 6.35. The molecule has 0 atom stereocenters. The predicted octanol–water partition coefficient (Wildman–Crippen LogP) is 2.14. The van der Waals surface area contributed by atoms with Crippen LogP contribution in [0.2, 0.25) is 0 Å². The van der Waals surface area contributed by atoms with Crippen molar-refractivity contribution in [3.05, 3.63) is 53.6 Å². The molecule has 0 aliphatic heterocycles. The molecule has 29 heavy (non-hydrogen) atoms. The summed E-state index contributed by atoms with van der Waals surface area (Å²) < 4.78 is 12.2. The summed E-state index contributed by atoms with van der Waals surface area (Å²) in [5.41, 5.74) is 2.42. The molecule has 1 amide bonds. The van der Waals surface area contributed by atoms with Crippen LogP contribution in [0.3, 0.4) is 0 Å². The van der Waals surface area contributed by atoms with E-state index < -0.39 is 0 Å². The molecule has 0 unspecified atom stereocenters. The van der Waals surface area contributed by atoms with E-state index in [0.29, 0.717) is 41.8 Å². The van der Waals surface area contributed by atoms with Crippen LogP contribution >= 0.6 is 0 Å². The van der Waals surface area contributed by atoms with E-state index in [0.717, 1.165) is 11.4 Å². The molecule has 0 saturated heterocycles. The highest BCUT2D eigenvalue weighted by molar-refractivity contribution is 5.94. The Balaban J connectivity index is 1.55. The second kappa shape index (κ2) is 9.05. The fourth-order valence-electron chi connectivity index (χ4n) is 2.87. The van der Waals surface area contributed by atoms with E-state index in [4.69, 9.17) is 9.47 Å². The summed E-state index contributed by atoms with van der Waals surface area (Å²) >= 11 is 0. The Morgan fingerprint density at radius 2 is 1.83 bits per heavy atom. The standard InChI is InChI=1S/C20H24N6O3/c1-13-9-14(2)26(25-13)19-11-18(23-12-24-19)21-7-8-22-20(27)15-5-6-16(28-3)17(10-15)29-4/h5-6,9-12H,7-8H2,1-4H3,(H,22,27)(H,21,23,24). The fourth-order valence-corrected chi connectivity index (χ4v) is 2.87. The van der Waals surface area contributed by atoms with Crippen molar-refractivity contribution in [1.29, 1.82) is 0 Å². The molecule has 152 valence electrons. The quantitative estimate of drug-likeness (QED) is 0.562. The van der Waals surface area contributed by atoms with Crippen molar-refractivity contribution in [2.75, 3.05) is 32.6 Å². The van der Waals surface area contributed by atoms with E-state index >= 15 is 0 Å². The van der Waals surface area contributed by atoms with Gasteiger partial charge in [0.25, 0.3) is 5.91 Å². The Bertz CT molecular complexity index is 1000. The van der Waals surface area contributed by atoms with Crippen LogP contribution in [-0.2, 0) is 0 Å². The molecule has 1 aromatic carbocycles. The first-order chi connectivity index (χ1) is 14.0. The molecule has 0 spiro atoms. The summed E-state index contributed by atoms with van der Waals surface area (Å²) in [6, 6.07) is 8.84. The Labute approximate surface area is 169 Å². The maximum Gasteiger partial charge on any atom is 0.251 e. The van der Waals surface area contributed by atoms with E-state index in [1.54, 1.807) is 30.0 Å². The molecule has 2 aromatic heterocycles. The third-order valence-corrected chi connectivity index (χ3v) is 4.24. The lowest BCUT2D eigenvalue weighted by Crippen LogP contribution is -2.29. The van der Waals surface area contributed by atoms with Gasteiger partial charge in [0.05, 0.1) is 19.9 Å². The van der Waals surface area contributed by atoms with Gasteiger partial charge in [0.1, 0.15) is 12.1 Å². The van der Waals surface area contributed by atoms with Crippen molar-refractivity contribution in [2.24, 2.45) is 0 Å². The number of amides is 1. The number of carbonyl (C=O) groups excluding carboxylic acids is 1. The van der Waals surface area contributed by atoms with E-state index in [1.165, 1.54) is 13.4 Å². The van der Waals surface area contributed by atoms with Gasteiger partial charge in [0.15, 0.2) is 17.3 Å². The lowest BCUT2D eigenvalue weighted by atomic mass is 10.2. The molecule has 9 heteroatoms. The number of carbonyl (C=O) groups is 1. The van der Waals surface area contributed by atoms with Crippen molar-refractivity contribution in [3.8, 4) is 17.3 Å². The Kier molecular flexibility index (Phi) is 6.28. The SMILES string of the molecule is COc1ccc(C(=O)NCCNc2cc(-n3nc(C)cc3C)ncn2)cc1OC. The molecular weight excluding hydrogens is 372 g/mol. The number of hydrogen-bond acceptors (Lipinski definition) is 7. The Morgan fingerprint density at radius 3 is 2.52 bits per heavy atom. The van der Waals surface area contributed by atoms with E-state index in [1.807, 2.05) is 26.0 Å². The van der Waals surface area contributed by atoms with Crippen molar-refractivity contribution in [2.45, 2.75) is 13.8 Å². The van der Waals surface area contributed by atoms with Crippen LogP contribution in [0.5, 0.6) is 11.5 Å². The van der Waals surface area contributed by atoms with E-state index in [9.17, 15) is 4.79 Å². The Hall–Kier alpha value is -3.62. The number of rotatable bonds is 8. The lowest BCUT2D eigenvalue weighted by Gasteiger charge is -2.11. The minimum atomic E-state index is -0.196. The van der Waals surface area contributed by atoms with Gasteiger partial charge in [-0.3, -0.25) is 4.79 Å². The number of aromatic nitrogens is 4. The number of hydrogen-bond donors (Lipinski definition) is 2. The number of methoxy groups -OCH3 is 2. The van der Waals surface area contributed by atoms with Gasteiger partial charge in [-0.2, -0.15) is 5.10 Å². The van der Waals surface area contributed by atoms with Gasteiger partial charge in [-0.25, -0.2) is 14.6 Å². The first-order valence-electron chi connectivity index (χ1n) is 9.11. The molecule has 2 heterocycles. The number of nitrogens with zero attached hydrogens (tertiary/aromatic N) is 4. The zero-order chi connectivity index (χ0) is 20.8. The zero-order valence-electron chi connectivity index (χ0n) is 16.9. The van der Waals surface area contributed by atoms with E-state index in [2.05, 4.69) is 25.7 Å². The highest BCUT2D eigenvalue weighted by atomic mass is 16.5. The number of aryl methyl sites for hydroxylation is 2. The Morgan fingerprint density at radius 1 is 1.03 bits per heavy atom. The van der Waals surface area contributed by atoms with Crippen molar-refractivity contribution >= 4 is 11.7 Å². The third-order valence-electron chi connectivity index (χ3n) is 4.24. The maximum absolute atomic E-state index is 12.3. The summed E-state index contributed by atoms with van der Waals surface area (Å²) in [5.74, 6) is 2.23. The number of benzene rings is 1. The van der Waals surface area contributed by atoms with Gasteiger partial charge in [-0.15, -0.1) is 0 Å². The highest BCUT2D eigenvalue weighted by Gasteiger charge is 2.10. The van der Waals surface area contributed by atoms with Crippen LogP contribution in [0.4, 0.5) is 5.82 Å². The minimum Gasteiger partial charge on any atom is -0.493 e. The zero-order valence-corrected chi connectivity index (χ0v) is 16.9. The van der Waals surface area contributed by atoms with Crippen molar-refractivity contribution < 1.29 is 14.3 Å². The average Bonchev–Trinajstić information content (AvgIpc) is 3.08. The lowest BCUT2D eigenvalue weighted by molar-refractivity contribution is 0.0954. The van der Waals surface area contributed by atoms with Gasteiger partial charge in [-0.05, 0) is 38.1 Å². The summed E-state index contributed by atoms with van der Waals surface area (Å²) in [5, 5.41) is 10.5. The molecule has 0 saturated carbocycles. The monoisotopic (exact) mass is 396 g/mol. The number of anilines is 1. The van der Waals surface area contributed by atoms with Crippen molar-refractivity contribution in [3.63, 3.8) is 0 Å². The molecule has 3 rings (SSSR count). The maximum atomic E-state index is 12.3. The van der Waals surface area contributed by atoms with Crippen LogP contribution in [0.25, 0.3) is 5.82 Å². The first-order valence-corrected chi connectivity index (χ1v) is 9.11. The second-order valence-electron chi connectivity index (χ2n) is 6.35. The predicted molar refractivity (Wildman–Crippen MR) is 109 cm³/mol. The van der Waals surface area contributed by atoms with Crippen molar-refractivity contribution in [1.82, 2.24) is 25.1 Å². The molecular formula is C20H24N6O3. The highest BCUT2D eigenvalue weighted by Crippen LogP contribution is 2.27. The largest absolute Gasteiger partial charge is 0.493 e. The molecule has 9 nitrogen and oxygen atoms in total. The number of ether oxygens (including phenoxy) is 2. The van der Waals surface area contributed by atoms with Crippen LogP contribution in [0.15, 0.2) is 36.7 Å². The first kappa shape index (κ1) is 20.1. The van der Waals surface area contributed by atoms with Gasteiger partial charge < -0.3 is 20.1 Å². The molecule has 0 aliphatic rings. The van der Waals surface area contributed by atoms with Crippen LogP contribution in [0, 0.1) is 13.8 Å². The van der Waals surface area contributed by atoms with Crippen LogP contribution < -0.4 is 20.1 Å². The molecule has 0 fully saturated rings. The molecule has 2 N–H and O–H groups in total. The summed E-state index contributed by atoms with van der Waals surface area (Å²) in [6.45, 7) is 4.84. The average molecular weight is 396 g/mol. The number of nitrogens with one attached hydrogen (secondary N) is 2. The molecule has 0 radical (unpaired) electrons. The summed E-state index contributed by atoms with van der Waals surface area (Å²) in [7, 11) is 3.09. The normalized spacial score (nSPS) is 10.5.